The van der Waals surface area contributed by atoms with E-state index in [1.807, 2.05) is 4.90 Å². The summed E-state index contributed by atoms with van der Waals surface area (Å²) >= 11 is 0. The number of rotatable bonds is 6. The molecule has 0 spiro atoms. The number of nitrogens with two attached hydrogens (primary N) is 1. The number of hydrogen-bond donors (Lipinski definition) is 2. The number of benzene rings is 1. The van der Waals surface area contributed by atoms with Crippen molar-refractivity contribution in [1.82, 2.24) is 10.2 Å². The molecule has 1 fully saturated rings. The third-order valence-corrected chi connectivity index (χ3v) is 4.35. The van der Waals surface area contributed by atoms with Crippen LogP contribution in [0.4, 0.5) is 13.2 Å². The van der Waals surface area contributed by atoms with Gasteiger partial charge in [0.1, 0.15) is 0 Å². The first-order valence-corrected chi connectivity index (χ1v) is 8.27. The molecule has 0 saturated carbocycles. The topological polar surface area (TPSA) is 58.4 Å². The van der Waals surface area contributed by atoms with Crippen molar-refractivity contribution in [3.63, 3.8) is 0 Å². The molecule has 0 bridgehead atoms. The van der Waals surface area contributed by atoms with Gasteiger partial charge in [0.25, 0.3) is 0 Å². The van der Waals surface area contributed by atoms with Crippen molar-refractivity contribution >= 4 is 5.91 Å². The van der Waals surface area contributed by atoms with E-state index in [0.717, 1.165) is 31.9 Å². The number of nitrogens with one attached hydrogen (secondary N) is 1. The van der Waals surface area contributed by atoms with Gasteiger partial charge in [-0.25, -0.2) is 0 Å². The molecule has 1 unspecified atom stereocenters. The maximum atomic E-state index is 13.2. The van der Waals surface area contributed by atoms with Crippen LogP contribution in [-0.2, 0) is 17.5 Å². The molecule has 134 valence electrons. The summed E-state index contributed by atoms with van der Waals surface area (Å²) in [5.74, 6) is -0.112. The van der Waals surface area contributed by atoms with Crippen molar-refractivity contribution in [3.05, 3.63) is 35.4 Å². The second kappa shape index (κ2) is 8.48. The SMILES string of the molecule is NCCC(=O)NCC1CCCCN1Cc1ccccc1C(F)(F)F. The molecular weight excluding hydrogens is 319 g/mol. The van der Waals surface area contributed by atoms with E-state index < -0.39 is 11.7 Å². The first-order chi connectivity index (χ1) is 11.4. The van der Waals surface area contributed by atoms with Crippen LogP contribution >= 0.6 is 0 Å². The highest BCUT2D eigenvalue weighted by Crippen LogP contribution is 2.33. The van der Waals surface area contributed by atoms with E-state index in [2.05, 4.69) is 5.32 Å². The van der Waals surface area contributed by atoms with Crippen molar-refractivity contribution in [2.75, 3.05) is 19.6 Å². The number of carbonyl (C=O) groups excluding carboxylic acids is 1. The van der Waals surface area contributed by atoms with Gasteiger partial charge in [0.15, 0.2) is 0 Å². The van der Waals surface area contributed by atoms with E-state index in [1.54, 1.807) is 6.07 Å². The summed E-state index contributed by atoms with van der Waals surface area (Å²) in [6.45, 7) is 1.73. The quantitative estimate of drug-likeness (QED) is 0.834. The maximum absolute atomic E-state index is 13.2. The summed E-state index contributed by atoms with van der Waals surface area (Å²) in [5.41, 5.74) is 5.05. The molecule has 1 aliphatic rings. The van der Waals surface area contributed by atoms with E-state index in [9.17, 15) is 18.0 Å². The van der Waals surface area contributed by atoms with Crippen molar-refractivity contribution in [1.29, 1.82) is 0 Å². The van der Waals surface area contributed by atoms with E-state index in [-0.39, 0.29) is 30.5 Å². The van der Waals surface area contributed by atoms with Crippen LogP contribution in [-0.4, -0.2) is 36.5 Å². The first-order valence-electron chi connectivity index (χ1n) is 8.27. The lowest BCUT2D eigenvalue weighted by atomic mass is 9.99. The monoisotopic (exact) mass is 343 g/mol. The van der Waals surface area contributed by atoms with E-state index in [1.165, 1.54) is 12.1 Å². The van der Waals surface area contributed by atoms with Crippen LogP contribution < -0.4 is 11.1 Å². The Morgan fingerprint density at radius 3 is 2.75 bits per heavy atom. The van der Waals surface area contributed by atoms with Crippen molar-refractivity contribution < 1.29 is 18.0 Å². The van der Waals surface area contributed by atoms with Crippen LogP contribution in [0.1, 0.15) is 36.8 Å². The molecule has 0 radical (unpaired) electrons. The van der Waals surface area contributed by atoms with Crippen LogP contribution in [0.2, 0.25) is 0 Å². The third kappa shape index (κ3) is 5.21. The van der Waals surface area contributed by atoms with Gasteiger partial charge >= 0.3 is 6.18 Å². The van der Waals surface area contributed by atoms with Crippen LogP contribution in [0.25, 0.3) is 0 Å². The zero-order valence-corrected chi connectivity index (χ0v) is 13.6. The average molecular weight is 343 g/mol. The minimum absolute atomic E-state index is 0.0572. The Hall–Kier alpha value is -1.60. The lowest BCUT2D eigenvalue weighted by Crippen LogP contribution is -2.46. The zero-order valence-electron chi connectivity index (χ0n) is 13.6. The average Bonchev–Trinajstić information content (AvgIpc) is 2.54. The number of alkyl halides is 3. The fourth-order valence-corrected chi connectivity index (χ4v) is 3.10. The number of piperidine rings is 1. The van der Waals surface area contributed by atoms with Gasteiger partial charge in [-0.1, -0.05) is 24.6 Å². The molecule has 3 N–H and O–H groups in total. The van der Waals surface area contributed by atoms with Gasteiger partial charge in [-0.3, -0.25) is 9.69 Å². The Kier molecular flexibility index (Phi) is 6.62. The smallest absolute Gasteiger partial charge is 0.354 e. The van der Waals surface area contributed by atoms with Crippen molar-refractivity contribution in [2.45, 2.75) is 44.4 Å². The Morgan fingerprint density at radius 1 is 1.29 bits per heavy atom. The Morgan fingerprint density at radius 2 is 2.04 bits per heavy atom. The van der Waals surface area contributed by atoms with Gasteiger partial charge in [-0.15, -0.1) is 0 Å². The molecule has 0 aliphatic carbocycles. The standard InChI is InChI=1S/C17H24F3N3O/c18-17(19,20)15-7-2-1-5-13(15)12-23-10-4-3-6-14(23)11-22-16(24)8-9-21/h1-2,5,7,14H,3-4,6,8-12,21H2,(H,22,24). The minimum atomic E-state index is -4.35. The Labute approximate surface area is 140 Å². The molecule has 1 aromatic rings. The molecule has 4 nitrogen and oxygen atoms in total. The predicted octanol–water partition coefficient (Wildman–Crippen LogP) is 2.52. The summed E-state index contributed by atoms with van der Waals surface area (Å²) in [5, 5.41) is 2.83. The van der Waals surface area contributed by atoms with Crippen molar-refractivity contribution in [3.8, 4) is 0 Å². The highest BCUT2D eigenvalue weighted by Gasteiger charge is 2.34. The summed E-state index contributed by atoms with van der Waals surface area (Å²) in [7, 11) is 0. The molecule has 7 heteroatoms. The summed E-state index contributed by atoms with van der Waals surface area (Å²) < 4.78 is 39.5. The minimum Gasteiger partial charge on any atom is -0.354 e. The molecule has 1 saturated heterocycles. The second-order valence-electron chi connectivity index (χ2n) is 6.12. The van der Waals surface area contributed by atoms with Gasteiger partial charge in [0.2, 0.25) is 5.91 Å². The predicted molar refractivity (Wildman–Crippen MR) is 86.2 cm³/mol. The largest absolute Gasteiger partial charge is 0.416 e. The highest BCUT2D eigenvalue weighted by atomic mass is 19.4. The van der Waals surface area contributed by atoms with Crippen LogP contribution in [0.5, 0.6) is 0 Å². The van der Waals surface area contributed by atoms with Gasteiger partial charge in [0, 0.05) is 32.1 Å². The Balaban J connectivity index is 2.05. The molecule has 1 aromatic carbocycles. The molecule has 2 rings (SSSR count). The molecule has 1 aliphatic heterocycles. The van der Waals surface area contributed by atoms with Crippen molar-refractivity contribution in [2.24, 2.45) is 5.73 Å². The van der Waals surface area contributed by atoms with Gasteiger partial charge < -0.3 is 11.1 Å². The summed E-state index contributed by atoms with van der Waals surface area (Å²) in [4.78, 5) is 13.6. The van der Waals surface area contributed by atoms with E-state index >= 15 is 0 Å². The second-order valence-corrected chi connectivity index (χ2v) is 6.12. The number of amides is 1. The molecule has 1 amide bonds. The third-order valence-electron chi connectivity index (χ3n) is 4.35. The molecule has 1 heterocycles. The summed E-state index contributed by atoms with van der Waals surface area (Å²) in [6, 6.07) is 5.75. The number of halogens is 3. The van der Waals surface area contributed by atoms with E-state index in [4.69, 9.17) is 5.73 Å². The number of nitrogens with zero attached hydrogens (tertiary/aromatic N) is 1. The lowest BCUT2D eigenvalue weighted by molar-refractivity contribution is -0.138. The highest BCUT2D eigenvalue weighted by molar-refractivity contribution is 5.76. The Bertz CT molecular complexity index is 548. The van der Waals surface area contributed by atoms with Gasteiger partial charge in [-0.2, -0.15) is 13.2 Å². The molecule has 0 aromatic heterocycles. The number of likely N-dealkylation sites (tertiary alicyclic amines) is 1. The normalized spacial score (nSPS) is 19.2. The fraction of sp³-hybridized carbons (Fsp3) is 0.588. The zero-order chi connectivity index (χ0) is 17.6. The first kappa shape index (κ1) is 18.7. The molecular formula is C17H24F3N3O. The van der Waals surface area contributed by atoms with Crippen LogP contribution in [0, 0.1) is 0 Å². The number of carbonyl (C=O) groups is 1. The van der Waals surface area contributed by atoms with Crippen LogP contribution in [0.15, 0.2) is 24.3 Å². The fourth-order valence-electron chi connectivity index (χ4n) is 3.10. The maximum Gasteiger partial charge on any atom is 0.416 e. The molecule has 1 atom stereocenters. The van der Waals surface area contributed by atoms with Gasteiger partial charge in [0.05, 0.1) is 5.56 Å². The van der Waals surface area contributed by atoms with Gasteiger partial charge in [-0.05, 0) is 31.0 Å². The molecule has 24 heavy (non-hydrogen) atoms. The van der Waals surface area contributed by atoms with Crippen LogP contribution in [0.3, 0.4) is 0 Å². The number of hydrogen-bond acceptors (Lipinski definition) is 3. The lowest BCUT2D eigenvalue weighted by Gasteiger charge is -2.36. The van der Waals surface area contributed by atoms with E-state index in [0.29, 0.717) is 13.1 Å². The summed E-state index contributed by atoms with van der Waals surface area (Å²) in [6.07, 6.45) is -1.23.